The average Bonchev–Trinajstić information content (AvgIpc) is 2.46. The minimum Gasteiger partial charge on any atom is -0.481 e. The van der Waals surface area contributed by atoms with E-state index in [2.05, 4.69) is 14.5 Å². The molecular formula is C12H11ClF6N4O3. The Labute approximate surface area is 146 Å². The quantitative estimate of drug-likeness (QED) is 0.347. The van der Waals surface area contributed by atoms with Gasteiger partial charge in [-0.15, -0.1) is 0 Å². The van der Waals surface area contributed by atoms with Crippen LogP contribution in [0.15, 0.2) is 0 Å². The molecule has 1 aromatic rings. The summed E-state index contributed by atoms with van der Waals surface area (Å²) in [5, 5.41) is 22.8. The molecule has 26 heavy (non-hydrogen) atoms. The number of methoxy groups -OCH3 is 1. The maximum Gasteiger partial charge on any atom is 0.425 e. The SMILES string of the molecule is COc1nc(C(=N)OC(=N)C(C)(O)C(F)(F)F)c(N)c(Cl)c1C(F)(F)F. The van der Waals surface area contributed by atoms with Crippen LogP contribution >= 0.6 is 11.6 Å². The molecule has 1 rings (SSSR count). The highest BCUT2D eigenvalue weighted by Crippen LogP contribution is 2.43. The standard InChI is InChI=1S/C12H11ClF6N4O3/c1-10(24,12(17,18)19)9(22)26-7(21)6-5(20)4(13)3(11(14,15)16)8(23-6)25-2/h21-22,24H,20H2,1-2H3. The average molecular weight is 409 g/mol. The van der Waals surface area contributed by atoms with E-state index >= 15 is 0 Å². The van der Waals surface area contributed by atoms with Crippen molar-refractivity contribution in [1.82, 2.24) is 4.98 Å². The van der Waals surface area contributed by atoms with Gasteiger partial charge in [0.15, 0.2) is 5.69 Å². The minimum absolute atomic E-state index is 0.180. The molecule has 1 heterocycles. The van der Waals surface area contributed by atoms with E-state index in [4.69, 9.17) is 28.2 Å². The van der Waals surface area contributed by atoms with E-state index in [-0.39, 0.29) is 6.92 Å². The number of aromatic nitrogens is 1. The molecule has 0 bridgehead atoms. The van der Waals surface area contributed by atoms with Crippen molar-refractivity contribution in [2.45, 2.75) is 24.9 Å². The summed E-state index contributed by atoms with van der Waals surface area (Å²) in [6, 6.07) is 0. The summed E-state index contributed by atoms with van der Waals surface area (Å²) < 4.78 is 85.5. The molecule has 1 aromatic heterocycles. The predicted octanol–water partition coefficient (Wildman–Crippen LogP) is 2.98. The lowest BCUT2D eigenvalue weighted by molar-refractivity contribution is -0.227. The third-order valence-corrected chi connectivity index (χ3v) is 3.42. The zero-order valence-corrected chi connectivity index (χ0v) is 13.7. The second-order valence-electron chi connectivity index (χ2n) is 4.90. The molecule has 7 nitrogen and oxygen atoms in total. The van der Waals surface area contributed by atoms with Gasteiger partial charge >= 0.3 is 12.4 Å². The molecule has 0 spiro atoms. The second-order valence-corrected chi connectivity index (χ2v) is 5.28. The van der Waals surface area contributed by atoms with Crippen molar-refractivity contribution in [3.8, 4) is 5.88 Å². The molecule has 0 fully saturated rings. The van der Waals surface area contributed by atoms with Gasteiger partial charge in [0.2, 0.25) is 23.3 Å². The van der Waals surface area contributed by atoms with Crippen molar-refractivity contribution in [2.24, 2.45) is 0 Å². The zero-order valence-electron chi connectivity index (χ0n) is 12.9. The number of rotatable bonds is 3. The summed E-state index contributed by atoms with van der Waals surface area (Å²) in [7, 11) is 0.800. The van der Waals surface area contributed by atoms with Crippen LogP contribution in [0.4, 0.5) is 32.0 Å². The normalized spacial score (nSPS) is 14.5. The summed E-state index contributed by atoms with van der Waals surface area (Å²) in [5.41, 5.74) is -1.84. The van der Waals surface area contributed by atoms with Crippen LogP contribution < -0.4 is 10.5 Å². The van der Waals surface area contributed by atoms with E-state index in [9.17, 15) is 31.4 Å². The Balaban J connectivity index is 3.35. The van der Waals surface area contributed by atoms with Crippen molar-refractivity contribution >= 4 is 29.1 Å². The zero-order chi connectivity index (χ0) is 20.7. The van der Waals surface area contributed by atoms with Crippen LogP contribution in [-0.2, 0) is 10.9 Å². The van der Waals surface area contributed by atoms with Crippen molar-refractivity contribution in [2.75, 3.05) is 12.8 Å². The van der Waals surface area contributed by atoms with E-state index < -0.39 is 57.6 Å². The number of halogens is 7. The fourth-order valence-electron chi connectivity index (χ4n) is 1.50. The summed E-state index contributed by atoms with van der Waals surface area (Å²) in [4.78, 5) is 3.25. The number of nitrogen functional groups attached to an aromatic ring is 1. The van der Waals surface area contributed by atoms with Gasteiger partial charge in [-0.25, -0.2) is 4.98 Å². The number of hydrogen-bond acceptors (Lipinski definition) is 7. The summed E-state index contributed by atoms with van der Waals surface area (Å²) in [5.74, 6) is -4.30. The molecule has 1 atom stereocenters. The van der Waals surface area contributed by atoms with Crippen LogP contribution in [0.5, 0.6) is 5.88 Å². The highest BCUT2D eigenvalue weighted by Gasteiger charge is 2.55. The van der Waals surface area contributed by atoms with Gasteiger partial charge in [-0.3, -0.25) is 10.8 Å². The highest BCUT2D eigenvalue weighted by atomic mass is 35.5. The van der Waals surface area contributed by atoms with Gasteiger partial charge in [-0.1, -0.05) is 11.6 Å². The summed E-state index contributed by atoms with van der Waals surface area (Å²) in [6.07, 6.45) is -10.4. The molecular weight excluding hydrogens is 398 g/mol. The molecule has 0 amide bonds. The Morgan fingerprint density at radius 1 is 1.19 bits per heavy atom. The van der Waals surface area contributed by atoms with Crippen molar-refractivity contribution in [3.05, 3.63) is 16.3 Å². The lowest BCUT2D eigenvalue weighted by Gasteiger charge is -2.26. The van der Waals surface area contributed by atoms with Gasteiger partial charge in [-0.05, 0) is 6.92 Å². The van der Waals surface area contributed by atoms with E-state index in [1.165, 1.54) is 0 Å². The monoisotopic (exact) mass is 408 g/mol. The van der Waals surface area contributed by atoms with Crippen LogP contribution in [-0.4, -0.2) is 40.8 Å². The summed E-state index contributed by atoms with van der Waals surface area (Å²) >= 11 is 5.51. The molecule has 5 N–H and O–H groups in total. The molecule has 14 heteroatoms. The first kappa shape index (κ1) is 21.8. The lowest BCUT2D eigenvalue weighted by Crippen LogP contribution is -2.50. The third-order valence-electron chi connectivity index (χ3n) is 3.03. The van der Waals surface area contributed by atoms with Gasteiger partial charge in [0.1, 0.15) is 5.56 Å². The number of nitrogens with one attached hydrogen (secondary N) is 2. The third kappa shape index (κ3) is 3.93. The van der Waals surface area contributed by atoms with Crippen LogP contribution in [0.2, 0.25) is 5.02 Å². The first-order valence-corrected chi connectivity index (χ1v) is 6.68. The van der Waals surface area contributed by atoms with Gasteiger partial charge in [0.25, 0.3) is 0 Å². The lowest BCUT2D eigenvalue weighted by atomic mass is 10.1. The fourth-order valence-corrected chi connectivity index (χ4v) is 1.77. The Kier molecular flexibility index (Phi) is 5.69. The number of anilines is 1. The van der Waals surface area contributed by atoms with E-state index in [0.29, 0.717) is 0 Å². The molecule has 0 saturated carbocycles. The first-order valence-electron chi connectivity index (χ1n) is 6.30. The van der Waals surface area contributed by atoms with Gasteiger partial charge in [-0.2, -0.15) is 26.3 Å². The number of alkyl halides is 6. The van der Waals surface area contributed by atoms with Crippen molar-refractivity contribution < 1.29 is 40.9 Å². The van der Waals surface area contributed by atoms with Crippen LogP contribution in [0.3, 0.4) is 0 Å². The maximum absolute atomic E-state index is 13.0. The van der Waals surface area contributed by atoms with E-state index in [1.807, 2.05) is 0 Å². The molecule has 0 aliphatic carbocycles. The number of hydrogen-bond donors (Lipinski definition) is 4. The number of pyridine rings is 1. The molecule has 0 aromatic carbocycles. The Morgan fingerprint density at radius 3 is 2.08 bits per heavy atom. The Hall–Kier alpha value is -2.28. The number of nitrogens with zero attached hydrogens (tertiary/aromatic N) is 1. The Bertz CT molecular complexity index is 748. The van der Waals surface area contributed by atoms with Crippen molar-refractivity contribution in [1.29, 1.82) is 10.8 Å². The number of ether oxygens (including phenoxy) is 2. The van der Waals surface area contributed by atoms with E-state index in [1.54, 1.807) is 0 Å². The van der Waals surface area contributed by atoms with Gasteiger partial charge < -0.3 is 20.3 Å². The molecule has 1 unspecified atom stereocenters. The number of aliphatic hydroxyl groups is 1. The van der Waals surface area contributed by atoms with Crippen LogP contribution in [0.1, 0.15) is 18.2 Å². The van der Waals surface area contributed by atoms with Crippen LogP contribution in [0.25, 0.3) is 0 Å². The highest BCUT2D eigenvalue weighted by molar-refractivity contribution is 6.35. The predicted molar refractivity (Wildman–Crippen MR) is 77.5 cm³/mol. The minimum atomic E-state index is -5.32. The molecule has 0 aliphatic heterocycles. The largest absolute Gasteiger partial charge is 0.481 e. The van der Waals surface area contributed by atoms with E-state index in [0.717, 1.165) is 7.11 Å². The Morgan fingerprint density at radius 2 is 1.69 bits per heavy atom. The smallest absolute Gasteiger partial charge is 0.425 e. The molecule has 0 saturated heterocycles. The molecule has 0 radical (unpaired) electrons. The van der Waals surface area contributed by atoms with Gasteiger partial charge in [0.05, 0.1) is 17.8 Å². The molecule has 0 aliphatic rings. The first-order chi connectivity index (χ1) is 11.6. The molecule has 146 valence electrons. The van der Waals surface area contributed by atoms with Crippen LogP contribution in [0, 0.1) is 10.8 Å². The maximum atomic E-state index is 13.0. The summed E-state index contributed by atoms with van der Waals surface area (Å²) in [6.45, 7) is 0.180. The second kappa shape index (κ2) is 6.79. The number of nitrogens with two attached hydrogens (primary N) is 1. The fraction of sp³-hybridized carbons (Fsp3) is 0.417. The van der Waals surface area contributed by atoms with Crippen molar-refractivity contribution in [3.63, 3.8) is 0 Å². The van der Waals surface area contributed by atoms with Gasteiger partial charge in [0, 0.05) is 0 Å². The topological polar surface area (TPSA) is 125 Å².